The van der Waals surface area contributed by atoms with Gasteiger partial charge in [-0.3, -0.25) is 4.79 Å². The highest BCUT2D eigenvalue weighted by Crippen LogP contribution is 2.27. The first kappa shape index (κ1) is 19.1. The molecule has 4 heterocycles. The van der Waals surface area contributed by atoms with Crippen molar-refractivity contribution in [3.63, 3.8) is 0 Å². The molecular formula is C22H26N6O. The monoisotopic (exact) mass is 390 g/mol. The Labute approximate surface area is 170 Å². The molecule has 1 atom stereocenters. The van der Waals surface area contributed by atoms with E-state index >= 15 is 0 Å². The summed E-state index contributed by atoms with van der Waals surface area (Å²) in [5.74, 6) is 0.997. The van der Waals surface area contributed by atoms with E-state index in [4.69, 9.17) is 0 Å². The van der Waals surface area contributed by atoms with Crippen LogP contribution in [0.15, 0.2) is 66.1 Å². The van der Waals surface area contributed by atoms with Crippen molar-refractivity contribution < 1.29 is 4.79 Å². The van der Waals surface area contributed by atoms with Crippen LogP contribution in [0.25, 0.3) is 5.65 Å². The molecule has 0 N–H and O–H groups in total. The first-order valence-electron chi connectivity index (χ1n) is 10.1. The number of carbonyl (C=O) groups excluding carboxylic acids is 1. The van der Waals surface area contributed by atoms with E-state index in [-0.39, 0.29) is 17.9 Å². The Balaban J connectivity index is 1.38. The van der Waals surface area contributed by atoms with Crippen LogP contribution >= 0.6 is 0 Å². The first-order chi connectivity index (χ1) is 14.2. The van der Waals surface area contributed by atoms with Crippen LogP contribution in [0.1, 0.15) is 26.2 Å². The fourth-order valence-corrected chi connectivity index (χ4v) is 3.85. The molecule has 0 radical (unpaired) electrons. The molecule has 2 aliphatic heterocycles. The molecule has 0 saturated carbocycles. The molecule has 0 spiro atoms. The van der Waals surface area contributed by atoms with Crippen molar-refractivity contribution in [3.8, 4) is 0 Å². The van der Waals surface area contributed by atoms with Gasteiger partial charge in [0.1, 0.15) is 5.82 Å². The maximum Gasteiger partial charge on any atom is 0.246 e. The fourth-order valence-electron chi connectivity index (χ4n) is 3.85. The molecule has 150 valence electrons. The summed E-state index contributed by atoms with van der Waals surface area (Å²) >= 11 is 0. The van der Waals surface area contributed by atoms with Gasteiger partial charge < -0.3 is 4.90 Å². The molecule has 0 aromatic carbocycles. The maximum absolute atomic E-state index is 13.1. The van der Waals surface area contributed by atoms with E-state index in [1.54, 1.807) is 15.7 Å². The summed E-state index contributed by atoms with van der Waals surface area (Å²) in [5.41, 5.74) is 1.74. The third-order valence-corrected chi connectivity index (χ3v) is 5.51. The lowest BCUT2D eigenvalue weighted by atomic mass is 9.94. The molecule has 0 aliphatic carbocycles. The van der Waals surface area contributed by atoms with E-state index in [1.165, 1.54) is 0 Å². The standard InChI is InChI=1S/C22H26N6O/c1-3-4-5-6-17(2)19-9-12-24-28(19)22(29)18-10-14-26(15-11-18)21-8-7-20-23-13-16-27(20)25-21/h3-8,12-13,16,18-19H,2,9-11,14-15H2,1H3/b4-3-,6-5-/t19-/m0/s1. The lowest BCUT2D eigenvalue weighted by molar-refractivity contribution is -0.137. The number of rotatable bonds is 5. The quantitative estimate of drug-likeness (QED) is 0.735. The first-order valence-corrected chi connectivity index (χ1v) is 10.1. The van der Waals surface area contributed by atoms with Crippen LogP contribution in [0.3, 0.4) is 0 Å². The third kappa shape index (κ3) is 3.99. The minimum absolute atomic E-state index is 0.0201. The van der Waals surface area contributed by atoms with Crippen LogP contribution in [0.4, 0.5) is 5.82 Å². The van der Waals surface area contributed by atoms with E-state index in [9.17, 15) is 4.79 Å². The van der Waals surface area contributed by atoms with Crippen LogP contribution in [0.2, 0.25) is 0 Å². The van der Waals surface area contributed by atoms with Crippen LogP contribution in [0, 0.1) is 5.92 Å². The second kappa shape index (κ2) is 8.43. The van der Waals surface area contributed by atoms with E-state index in [0.29, 0.717) is 0 Å². The number of allylic oxidation sites excluding steroid dienone is 3. The average Bonchev–Trinajstić information content (AvgIpc) is 3.42. The van der Waals surface area contributed by atoms with Crippen LogP contribution in [-0.2, 0) is 4.79 Å². The van der Waals surface area contributed by atoms with Gasteiger partial charge in [-0.25, -0.2) is 14.5 Å². The van der Waals surface area contributed by atoms with Crippen molar-refractivity contribution >= 4 is 23.6 Å². The van der Waals surface area contributed by atoms with E-state index in [0.717, 1.165) is 49.4 Å². The van der Waals surface area contributed by atoms with Gasteiger partial charge in [-0.1, -0.05) is 30.9 Å². The Kier molecular flexibility index (Phi) is 5.55. The lowest BCUT2D eigenvalue weighted by Crippen LogP contribution is -2.43. The number of hydrogen-bond acceptors (Lipinski definition) is 5. The normalized spacial score (nSPS) is 20.5. The minimum Gasteiger partial charge on any atom is -0.355 e. The number of amides is 1. The summed E-state index contributed by atoms with van der Waals surface area (Å²) in [7, 11) is 0. The molecular weight excluding hydrogens is 364 g/mol. The predicted molar refractivity (Wildman–Crippen MR) is 115 cm³/mol. The number of imidazole rings is 1. The number of hydrogen-bond donors (Lipinski definition) is 0. The number of piperidine rings is 1. The zero-order chi connectivity index (χ0) is 20.2. The maximum atomic E-state index is 13.1. The highest BCUT2D eigenvalue weighted by atomic mass is 16.2. The van der Waals surface area contributed by atoms with Gasteiger partial charge >= 0.3 is 0 Å². The zero-order valence-electron chi connectivity index (χ0n) is 16.7. The number of nitrogens with zero attached hydrogens (tertiary/aromatic N) is 6. The van der Waals surface area contributed by atoms with Crippen molar-refractivity contribution in [2.45, 2.75) is 32.2 Å². The zero-order valence-corrected chi connectivity index (χ0v) is 16.7. The van der Waals surface area contributed by atoms with Crippen molar-refractivity contribution in [2.24, 2.45) is 11.0 Å². The van der Waals surface area contributed by atoms with Gasteiger partial charge in [-0.2, -0.15) is 5.10 Å². The molecule has 1 saturated heterocycles. The number of aromatic nitrogens is 3. The second-order valence-corrected chi connectivity index (χ2v) is 7.38. The third-order valence-electron chi connectivity index (χ3n) is 5.51. The fraction of sp³-hybridized carbons (Fsp3) is 0.364. The molecule has 0 bridgehead atoms. The summed E-state index contributed by atoms with van der Waals surface area (Å²) in [6, 6.07) is 3.88. The Morgan fingerprint density at radius 3 is 2.86 bits per heavy atom. The summed E-state index contributed by atoms with van der Waals surface area (Å²) < 4.78 is 1.78. The highest BCUT2D eigenvalue weighted by molar-refractivity contribution is 5.82. The number of anilines is 1. The Hall–Kier alpha value is -3.22. The summed E-state index contributed by atoms with van der Waals surface area (Å²) in [4.78, 5) is 19.6. The van der Waals surface area contributed by atoms with Gasteiger partial charge in [-0.05, 0) is 37.5 Å². The van der Waals surface area contributed by atoms with Gasteiger partial charge in [0.05, 0.1) is 6.04 Å². The van der Waals surface area contributed by atoms with Crippen molar-refractivity contribution in [1.82, 2.24) is 19.6 Å². The lowest BCUT2D eigenvalue weighted by Gasteiger charge is -2.34. The molecule has 1 fully saturated rings. The topological polar surface area (TPSA) is 66.1 Å². The Morgan fingerprint density at radius 2 is 2.07 bits per heavy atom. The van der Waals surface area contributed by atoms with E-state index in [1.807, 2.05) is 55.8 Å². The van der Waals surface area contributed by atoms with Crippen molar-refractivity contribution in [1.29, 1.82) is 0 Å². The molecule has 2 aliphatic rings. The summed E-state index contributed by atoms with van der Waals surface area (Å²) in [6.07, 6.45) is 15.5. The van der Waals surface area contributed by atoms with Crippen LogP contribution in [0.5, 0.6) is 0 Å². The molecule has 7 heteroatoms. The summed E-state index contributed by atoms with van der Waals surface area (Å²) in [5, 5.41) is 10.6. The van der Waals surface area contributed by atoms with Gasteiger partial charge in [0.15, 0.2) is 5.65 Å². The van der Waals surface area contributed by atoms with Crippen LogP contribution < -0.4 is 4.90 Å². The van der Waals surface area contributed by atoms with Gasteiger partial charge in [0.2, 0.25) is 5.91 Å². The van der Waals surface area contributed by atoms with Crippen molar-refractivity contribution in [2.75, 3.05) is 18.0 Å². The SMILES string of the molecule is C=C(/C=C\C=C/C)[C@@H]1CC=NN1C(=O)C1CCN(c2ccc3nccn3n2)CC1. The predicted octanol–water partition coefficient (Wildman–Crippen LogP) is 3.22. The van der Waals surface area contributed by atoms with Gasteiger partial charge in [0.25, 0.3) is 0 Å². The molecule has 29 heavy (non-hydrogen) atoms. The second-order valence-electron chi connectivity index (χ2n) is 7.38. The smallest absolute Gasteiger partial charge is 0.246 e. The molecule has 2 aromatic rings. The van der Waals surface area contributed by atoms with Gasteiger partial charge in [0, 0.05) is 44.0 Å². The molecule has 4 rings (SSSR count). The number of fused-ring (bicyclic) bond motifs is 1. The van der Waals surface area contributed by atoms with Crippen LogP contribution in [-0.4, -0.2) is 50.9 Å². The van der Waals surface area contributed by atoms with Gasteiger partial charge in [-0.15, -0.1) is 5.10 Å². The highest BCUT2D eigenvalue weighted by Gasteiger charge is 2.34. The Morgan fingerprint density at radius 1 is 1.24 bits per heavy atom. The molecule has 0 unspecified atom stereocenters. The van der Waals surface area contributed by atoms with Crippen molar-refractivity contribution in [3.05, 3.63) is 61.0 Å². The Bertz CT molecular complexity index is 980. The van der Waals surface area contributed by atoms with E-state index < -0.39 is 0 Å². The molecule has 1 amide bonds. The molecule has 2 aromatic heterocycles. The largest absolute Gasteiger partial charge is 0.355 e. The average molecular weight is 390 g/mol. The van der Waals surface area contributed by atoms with E-state index in [2.05, 4.69) is 26.7 Å². The molecule has 7 nitrogen and oxygen atoms in total. The number of hydrazone groups is 1. The summed E-state index contributed by atoms with van der Waals surface area (Å²) in [6.45, 7) is 7.71. The minimum atomic E-state index is -0.0765. The number of carbonyl (C=O) groups is 1.